The summed E-state index contributed by atoms with van der Waals surface area (Å²) >= 11 is 0. The SMILES string of the molecule is CC(c1cccc(S(N)(=O)=O)c1)N(C)c1c(F)c(F)nc(F)c1F. The molecule has 0 radical (unpaired) electrons. The zero-order valence-corrected chi connectivity index (χ0v) is 13.4. The average molecular weight is 363 g/mol. The molecule has 0 fully saturated rings. The summed E-state index contributed by atoms with van der Waals surface area (Å²) in [4.78, 5) is 3.22. The van der Waals surface area contributed by atoms with Gasteiger partial charge in [0.1, 0.15) is 5.69 Å². The number of aromatic nitrogens is 1. The Morgan fingerprint density at radius 2 is 1.67 bits per heavy atom. The first kappa shape index (κ1) is 18.1. The van der Waals surface area contributed by atoms with Crippen LogP contribution < -0.4 is 10.0 Å². The Hall–Kier alpha value is -2.20. The number of rotatable bonds is 4. The highest BCUT2D eigenvalue weighted by Gasteiger charge is 2.27. The normalized spacial score (nSPS) is 13.0. The maximum Gasteiger partial charge on any atom is 0.253 e. The number of benzene rings is 1. The first-order chi connectivity index (χ1) is 11.0. The second-order valence-electron chi connectivity index (χ2n) is 5.07. The molecule has 1 aromatic carbocycles. The second kappa shape index (κ2) is 6.36. The molecule has 130 valence electrons. The standard InChI is InChI=1S/C14H13F4N3O2S/c1-7(8-4-3-5-9(6-8)24(19,22)23)21(2)12-10(15)13(17)20-14(18)11(12)16/h3-7H,1-2H3,(H2,19,22,23). The molecule has 1 atom stereocenters. The van der Waals surface area contributed by atoms with Crippen molar-refractivity contribution in [2.75, 3.05) is 11.9 Å². The van der Waals surface area contributed by atoms with Gasteiger partial charge >= 0.3 is 0 Å². The lowest BCUT2D eigenvalue weighted by atomic mass is 10.1. The fourth-order valence-corrected chi connectivity index (χ4v) is 2.72. The first-order valence-corrected chi connectivity index (χ1v) is 8.14. The molecule has 0 saturated carbocycles. The second-order valence-corrected chi connectivity index (χ2v) is 6.64. The highest BCUT2D eigenvalue weighted by atomic mass is 32.2. The number of halogens is 4. The summed E-state index contributed by atoms with van der Waals surface area (Å²) in [7, 11) is -2.77. The van der Waals surface area contributed by atoms with Crippen LogP contribution in [0.5, 0.6) is 0 Å². The number of nitrogens with zero attached hydrogens (tertiary/aromatic N) is 2. The Kier molecular flexibility index (Phi) is 4.81. The van der Waals surface area contributed by atoms with Gasteiger partial charge in [0.2, 0.25) is 21.7 Å². The van der Waals surface area contributed by atoms with Crippen molar-refractivity contribution in [1.82, 2.24) is 4.98 Å². The van der Waals surface area contributed by atoms with Gasteiger partial charge in [-0.15, -0.1) is 0 Å². The molecule has 0 saturated heterocycles. The summed E-state index contributed by atoms with van der Waals surface area (Å²) in [5, 5.41) is 5.03. The van der Waals surface area contributed by atoms with Gasteiger partial charge in [-0.05, 0) is 24.6 Å². The van der Waals surface area contributed by atoms with Gasteiger partial charge in [0.25, 0.3) is 11.9 Å². The van der Waals surface area contributed by atoms with Gasteiger partial charge < -0.3 is 4.90 Å². The van der Waals surface area contributed by atoms with Crippen LogP contribution in [0.3, 0.4) is 0 Å². The summed E-state index contributed by atoms with van der Waals surface area (Å²) in [6.07, 6.45) is 0. The third-order valence-corrected chi connectivity index (χ3v) is 4.49. The van der Waals surface area contributed by atoms with Crippen LogP contribution in [0.1, 0.15) is 18.5 Å². The van der Waals surface area contributed by atoms with Gasteiger partial charge in [0.05, 0.1) is 10.9 Å². The lowest BCUT2D eigenvalue weighted by Gasteiger charge is -2.28. The van der Waals surface area contributed by atoms with E-state index in [0.29, 0.717) is 5.56 Å². The number of hydrogen-bond acceptors (Lipinski definition) is 4. The molecule has 2 aromatic rings. The minimum absolute atomic E-state index is 0.201. The van der Waals surface area contributed by atoms with E-state index in [4.69, 9.17) is 5.14 Å². The topological polar surface area (TPSA) is 76.3 Å². The third-order valence-electron chi connectivity index (χ3n) is 3.58. The Morgan fingerprint density at radius 1 is 1.12 bits per heavy atom. The van der Waals surface area contributed by atoms with E-state index in [1.807, 2.05) is 0 Å². The Balaban J connectivity index is 2.50. The predicted octanol–water partition coefficient (Wildman–Crippen LogP) is 2.48. The maximum atomic E-state index is 13.8. The quantitative estimate of drug-likeness (QED) is 0.669. The fourth-order valence-electron chi connectivity index (χ4n) is 2.15. The molecule has 10 heteroatoms. The molecule has 2 rings (SSSR count). The lowest BCUT2D eigenvalue weighted by molar-refractivity contribution is 0.405. The zero-order valence-electron chi connectivity index (χ0n) is 12.6. The highest BCUT2D eigenvalue weighted by molar-refractivity contribution is 7.89. The highest BCUT2D eigenvalue weighted by Crippen LogP contribution is 2.32. The van der Waals surface area contributed by atoms with E-state index in [1.54, 1.807) is 0 Å². The molecule has 1 unspecified atom stereocenters. The van der Waals surface area contributed by atoms with Crippen LogP contribution in [-0.4, -0.2) is 20.4 Å². The van der Waals surface area contributed by atoms with Gasteiger partial charge in [0, 0.05) is 7.05 Å². The zero-order chi connectivity index (χ0) is 18.2. The fraction of sp³-hybridized carbons (Fsp3) is 0.214. The number of pyridine rings is 1. The summed E-state index contributed by atoms with van der Waals surface area (Å²) in [5.74, 6) is -6.85. The monoisotopic (exact) mass is 363 g/mol. The minimum Gasteiger partial charge on any atom is -0.363 e. The molecule has 1 aromatic heterocycles. The van der Waals surface area contributed by atoms with Crippen molar-refractivity contribution in [1.29, 1.82) is 0 Å². The Labute approximate surface area is 135 Å². The molecule has 0 amide bonds. The van der Waals surface area contributed by atoms with Crippen LogP contribution in [-0.2, 0) is 10.0 Å². The van der Waals surface area contributed by atoms with Gasteiger partial charge in [0.15, 0.2) is 0 Å². The molecule has 0 aliphatic heterocycles. The molecular weight excluding hydrogens is 350 g/mol. The smallest absolute Gasteiger partial charge is 0.253 e. The molecule has 5 nitrogen and oxygen atoms in total. The van der Waals surface area contributed by atoms with Gasteiger partial charge in [-0.3, -0.25) is 0 Å². The molecule has 0 aliphatic carbocycles. The van der Waals surface area contributed by atoms with Crippen LogP contribution in [0, 0.1) is 23.5 Å². The number of primary sulfonamides is 1. The first-order valence-electron chi connectivity index (χ1n) is 6.59. The molecule has 24 heavy (non-hydrogen) atoms. The van der Waals surface area contributed by atoms with E-state index >= 15 is 0 Å². The minimum atomic E-state index is -3.98. The molecular formula is C14H13F4N3O2S. The van der Waals surface area contributed by atoms with E-state index in [2.05, 4.69) is 4.98 Å². The predicted molar refractivity (Wildman–Crippen MR) is 78.7 cm³/mol. The van der Waals surface area contributed by atoms with E-state index in [1.165, 1.54) is 38.2 Å². The molecule has 1 heterocycles. The van der Waals surface area contributed by atoms with Crippen LogP contribution >= 0.6 is 0 Å². The number of sulfonamides is 1. The molecule has 0 aliphatic rings. The van der Waals surface area contributed by atoms with Crippen molar-refractivity contribution in [3.8, 4) is 0 Å². The summed E-state index contributed by atoms with van der Waals surface area (Å²) in [6.45, 7) is 1.47. The van der Waals surface area contributed by atoms with Crippen molar-refractivity contribution >= 4 is 15.7 Å². The number of anilines is 1. The summed E-state index contributed by atoms with van der Waals surface area (Å²) in [5.41, 5.74) is -0.631. The summed E-state index contributed by atoms with van der Waals surface area (Å²) in [6, 6.07) is 4.51. The van der Waals surface area contributed by atoms with E-state index in [-0.39, 0.29) is 4.90 Å². The van der Waals surface area contributed by atoms with Gasteiger partial charge in [-0.2, -0.15) is 22.5 Å². The molecule has 0 bridgehead atoms. The van der Waals surface area contributed by atoms with Crippen molar-refractivity contribution in [2.45, 2.75) is 17.9 Å². The maximum absolute atomic E-state index is 13.8. The Bertz CT molecular complexity index is 864. The van der Waals surface area contributed by atoms with Crippen LogP contribution in [0.2, 0.25) is 0 Å². The van der Waals surface area contributed by atoms with Crippen molar-refractivity contribution in [3.63, 3.8) is 0 Å². The average Bonchev–Trinajstić information content (AvgIpc) is 2.51. The number of nitrogens with two attached hydrogens (primary N) is 1. The summed E-state index contributed by atoms with van der Waals surface area (Å²) < 4.78 is 76.9. The molecule has 0 spiro atoms. The van der Waals surface area contributed by atoms with E-state index in [9.17, 15) is 26.0 Å². The third kappa shape index (κ3) is 3.34. The van der Waals surface area contributed by atoms with Gasteiger partial charge in [-0.1, -0.05) is 12.1 Å². The number of hydrogen-bond donors (Lipinski definition) is 1. The van der Waals surface area contributed by atoms with Crippen LogP contribution in [0.25, 0.3) is 0 Å². The van der Waals surface area contributed by atoms with Crippen LogP contribution in [0.15, 0.2) is 29.2 Å². The molecule has 2 N–H and O–H groups in total. The van der Waals surface area contributed by atoms with Crippen molar-refractivity contribution in [2.24, 2.45) is 5.14 Å². The van der Waals surface area contributed by atoms with E-state index < -0.39 is 45.3 Å². The largest absolute Gasteiger partial charge is 0.363 e. The Morgan fingerprint density at radius 3 is 2.17 bits per heavy atom. The van der Waals surface area contributed by atoms with Crippen molar-refractivity contribution < 1.29 is 26.0 Å². The van der Waals surface area contributed by atoms with Crippen molar-refractivity contribution in [3.05, 3.63) is 53.4 Å². The lowest BCUT2D eigenvalue weighted by Crippen LogP contribution is -2.25. The van der Waals surface area contributed by atoms with Gasteiger partial charge in [-0.25, -0.2) is 13.6 Å². The van der Waals surface area contributed by atoms with E-state index in [0.717, 1.165) is 4.90 Å². The van der Waals surface area contributed by atoms with Crippen LogP contribution in [0.4, 0.5) is 23.2 Å².